The van der Waals surface area contributed by atoms with E-state index in [-0.39, 0.29) is 18.0 Å². The van der Waals surface area contributed by atoms with Crippen molar-refractivity contribution in [3.05, 3.63) is 59.2 Å². The van der Waals surface area contributed by atoms with E-state index >= 15 is 0 Å². The Hall–Kier alpha value is -3.24. The average Bonchev–Trinajstić information content (AvgIpc) is 3.11. The van der Waals surface area contributed by atoms with Crippen LogP contribution in [-0.2, 0) is 26.1 Å². The van der Waals surface area contributed by atoms with Crippen LogP contribution in [0.3, 0.4) is 0 Å². The molecule has 2 amide bonds. The van der Waals surface area contributed by atoms with Crippen molar-refractivity contribution in [1.82, 2.24) is 15.6 Å². The number of aromatic amines is 1. The van der Waals surface area contributed by atoms with Gasteiger partial charge >= 0.3 is 6.09 Å². The smallest absolute Gasteiger partial charge is 0.408 e. The topological polar surface area (TPSA) is 129 Å². The summed E-state index contributed by atoms with van der Waals surface area (Å²) in [7, 11) is -3.84. The lowest BCUT2D eigenvalue weighted by Crippen LogP contribution is -2.39. The fourth-order valence-corrected chi connectivity index (χ4v) is 4.21. The maximum Gasteiger partial charge on any atom is 0.408 e. The molecule has 0 aliphatic rings. The summed E-state index contributed by atoms with van der Waals surface area (Å²) in [6.45, 7) is 5.11. The summed E-state index contributed by atoms with van der Waals surface area (Å²) in [6.07, 6.45) is 0.910. The zero-order valence-electron chi connectivity index (χ0n) is 18.4. The summed E-state index contributed by atoms with van der Waals surface area (Å²) in [4.78, 5) is 26.5. The number of halogens is 1. The first kappa shape index (κ1) is 24.4. The zero-order chi connectivity index (χ0) is 24.2. The zero-order valence-corrected chi connectivity index (χ0v) is 19.9. The van der Waals surface area contributed by atoms with Crippen molar-refractivity contribution < 1.29 is 22.7 Å². The first-order valence-corrected chi connectivity index (χ1v) is 11.9. The van der Waals surface area contributed by atoms with Gasteiger partial charge in [-0.1, -0.05) is 35.9 Å². The first-order chi connectivity index (χ1) is 15.4. The van der Waals surface area contributed by atoms with Gasteiger partial charge in [0.2, 0.25) is 5.91 Å². The van der Waals surface area contributed by atoms with Gasteiger partial charge in [-0.05, 0) is 44.5 Å². The fraction of sp³-hybridized carbons (Fsp3) is 0.273. The number of amides is 2. The third kappa shape index (κ3) is 6.62. The highest BCUT2D eigenvalue weighted by Gasteiger charge is 2.18. The van der Waals surface area contributed by atoms with Crippen LogP contribution in [-0.4, -0.2) is 37.5 Å². The van der Waals surface area contributed by atoms with E-state index in [2.05, 4.69) is 20.3 Å². The highest BCUT2D eigenvalue weighted by atomic mass is 35.5. The molecule has 176 valence electrons. The van der Waals surface area contributed by atoms with Gasteiger partial charge in [0.15, 0.2) is 0 Å². The number of hydrogen-bond donors (Lipinski definition) is 4. The van der Waals surface area contributed by atoms with E-state index in [0.29, 0.717) is 27.2 Å². The van der Waals surface area contributed by atoms with E-state index in [1.165, 1.54) is 12.1 Å². The SMILES string of the molecule is CC(C)(C)OC(=O)NCC(=O)NCc1ccc(S(=O)(=O)Nc2cccc3c(Cl)c[nH]c23)cc1. The maximum absolute atomic E-state index is 12.8. The summed E-state index contributed by atoms with van der Waals surface area (Å²) >= 11 is 6.10. The second-order valence-electron chi connectivity index (χ2n) is 8.25. The van der Waals surface area contributed by atoms with Gasteiger partial charge in [0, 0.05) is 18.1 Å². The van der Waals surface area contributed by atoms with Crippen LogP contribution < -0.4 is 15.4 Å². The summed E-state index contributed by atoms with van der Waals surface area (Å²) in [5, 5.41) is 6.23. The summed E-state index contributed by atoms with van der Waals surface area (Å²) in [5.74, 6) is -0.406. The Labute approximate surface area is 196 Å². The monoisotopic (exact) mass is 492 g/mol. The third-order valence-corrected chi connectivity index (χ3v) is 6.12. The van der Waals surface area contributed by atoms with Crippen LogP contribution in [0.4, 0.5) is 10.5 Å². The molecule has 0 bridgehead atoms. The number of para-hydroxylation sites is 1. The van der Waals surface area contributed by atoms with E-state index in [4.69, 9.17) is 16.3 Å². The number of benzene rings is 2. The molecule has 0 atom stereocenters. The molecule has 0 fully saturated rings. The molecule has 3 aromatic rings. The average molecular weight is 493 g/mol. The minimum Gasteiger partial charge on any atom is -0.444 e. The predicted octanol–water partition coefficient (Wildman–Crippen LogP) is 3.76. The molecule has 0 radical (unpaired) electrons. The quantitative estimate of drug-likeness (QED) is 0.399. The molecule has 0 spiro atoms. The largest absolute Gasteiger partial charge is 0.444 e. The predicted molar refractivity (Wildman–Crippen MR) is 127 cm³/mol. The van der Waals surface area contributed by atoms with Crippen molar-refractivity contribution in [2.45, 2.75) is 37.8 Å². The standard InChI is InChI=1S/C22H25ClN4O5S/c1-22(2,3)32-21(29)26-13-19(28)24-11-14-7-9-15(10-8-14)33(30,31)27-18-6-4-5-16-17(23)12-25-20(16)18/h4-10,12,25,27H,11,13H2,1-3H3,(H,24,28)(H,26,29). The molecule has 0 saturated carbocycles. The number of aromatic nitrogens is 1. The molecule has 4 N–H and O–H groups in total. The van der Waals surface area contributed by atoms with Crippen LogP contribution in [0.2, 0.25) is 5.02 Å². The van der Waals surface area contributed by atoms with E-state index in [9.17, 15) is 18.0 Å². The number of carbonyl (C=O) groups is 2. The number of fused-ring (bicyclic) bond motifs is 1. The molecule has 0 aliphatic carbocycles. The first-order valence-electron chi connectivity index (χ1n) is 10.1. The Kier molecular flexibility index (Phi) is 7.19. The molecule has 0 unspecified atom stereocenters. The lowest BCUT2D eigenvalue weighted by molar-refractivity contribution is -0.120. The summed E-state index contributed by atoms with van der Waals surface area (Å²) < 4.78 is 33.2. The van der Waals surface area contributed by atoms with Crippen LogP contribution in [0.5, 0.6) is 0 Å². The molecule has 1 heterocycles. The number of nitrogens with one attached hydrogen (secondary N) is 4. The second-order valence-corrected chi connectivity index (χ2v) is 10.3. The lowest BCUT2D eigenvalue weighted by Gasteiger charge is -2.19. The Morgan fingerprint density at radius 1 is 1.06 bits per heavy atom. The van der Waals surface area contributed by atoms with Gasteiger partial charge in [-0.15, -0.1) is 0 Å². The molecular formula is C22H25ClN4O5S. The number of anilines is 1. The van der Waals surface area contributed by atoms with Crippen molar-refractivity contribution in [3.63, 3.8) is 0 Å². The lowest BCUT2D eigenvalue weighted by atomic mass is 10.2. The molecule has 9 nitrogen and oxygen atoms in total. The van der Waals surface area contributed by atoms with Crippen molar-refractivity contribution in [2.24, 2.45) is 0 Å². The number of ether oxygens (including phenoxy) is 1. The molecule has 2 aromatic carbocycles. The molecule has 0 saturated heterocycles. The fourth-order valence-electron chi connectivity index (χ4n) is 2.93. The molecule has 3 rings (SSSR count). The van der Waals surface area contributed by atoms with Crippen LogP contribution in [0.1, 0.15) is 26.3 Å². The Bertz CT molecular complexity index is 1260. The molecular weight excluding hydrogens is 468 g/mol. The van der Waals surface area contributed by atoms with Crippen LogP contribution in [0.25, 0.3) is 10.9 Å². The Morgan fingerprint density at radius 3 is 2.42 bits per heavy atom. The minimum atomic E-state index is -3.84. The van der Waals surface area contributed by atoms with Gasteiger partial charge in [-0.2, -0.15) is 0 Å². The number of hydrogen-bond acceptors (Lipinski definition) is 5. The minimum absolute atomic E-state index is 0.0684. The van der Waals surface area contributed by atoms with Gasteiger partial charge in [0.05, 0.1) is 21.1 Å². The van der Waals surface area contributed by atoms with E-state index in [1.807, 2.05) is 0 Å². The van der Waals surface area contributed by atoms with Gasteiger partial charge in [-0.3, -0.25) is 9.52 Å². The maximum atomic E-state index is 12.8. The molecule has 1 aromatic heterocycles. The summed E-state index contributed by atoms with van der Waals surface area (Å²) in [5.41, 5.74) is 1.01. The number of alkyl carbamates (subject to hydrolysis) is 1. The number of rotatable bonds is 7. The number of carbonyl (C=O) groups excluding carboxylic acids is 2. The highest BCUT2D eigenvalue weighted by molar-refractivity contribution is 7.92. The van der Waals surface area contributed by atoms with Gasteiger partial charge in [0.25, 0.3) is 10.0 Å². The van der Waals surface area contributed by atoms with Crippen LogP contribution >= 0.6 is 11.6 Å². The van der Waals surface area contributed by atoms with Crippen molar-refractivity contribution in [2.75, 3.05) is 11.3 Å². The Balaban J connectivity index is 1.57. The number of sulfonamides is 1. The van der Waals surface area contributed by atoms with Crippen molar-refractivity contribution >= 4 is 50.2 Å². The molecule has 0 aliphatic heterocycles. The number of H-pyrrole nitrogens is 1. The normalized spacial score (nSPS) is 11.8. The van der Waals surface area contributed by atoms with Crippen molar-refractivity contribution in [3.8, 4) is 0 Å². The summed E-state index contributed by atoms with van der Waals surface area (Å²) in [6, 6.07) is 11.2. The third-order valence-electron chi connectivity index (χ3n) is 4.42. The van der Waals surface area contributed by atoms with Crippen LogP contribution in [0, 0.1) is 0 Å². The van der Waals surface area contributed by atoms with Crippen molar-refractivity contribution in [1.29, 1.82) is 0 Å². The van der Waals surface area contributed by atoms with Gasteiger partial charge in [0.1, 0.15) is 12.1 Å². The Morgan fingerprint density at radius 2 is 1.76 bits per heavy atom. The van der Waals surface area contributed by atoms with Gasteiger partial charge in [-0.25, -0.2) is 13.2 Å². The van der Waals surface area contributed by atoms with Crippen LogP contribution in [0.15, 0.2) is 53.6 Å². The second kappa shape index (κ2) is 9.72. The molecule has 33 heavy (non-hydrogen) atoms. The highest BCUT2D eigenvalue weighted by Crippen LogP contribution is 2.29. The van der Waals surface area contributed by atoms with Gasteiger partial charge < -0.3 is 20.4 Å². The molecule has 11 heteroatoms. The van der Waals surface area contributed by atoms with E-state index in [1.54, 1.807) is 57.3 Å². The van der Waals surface area contributed by atoms with E-state index < -0.39 is 27.6 Å². The van der Waals surface area contributed by atoms with E-state index in [0.717, 1.165) is 0 Å².